The van der Waals surface area contributed by atoms with Gasteiger partial charge >= 0.3 is 0 Å². The second-order valence-corrected chi connectivity index (χ2v) is 8.93. The molecular weight excluding hydrogens is 407 g/mol. The lowest BCUT2D eigenvalue weighted by Crippen LogP contribution is -2.24. The van der Waals surface area contributed by atoms with Crippen LogP contribution in [0, 0.1) is 11.7 Å². The predicted molar refractivity (Wildman–Crippen MR) is 94.6 cm³/mol. The summed E-state index contributed by atoms with van der Waals surface area (Å²) in [5.41, 5.74) is 5.04. The van der Waals surface area contributed by atoms with E-state index in [0.29, 0.717) is 11.3 Å². The molecule has 26 heavy (non-hydrogen) atoms. The summed E-state index contributed by atoms with van der Waals surface area (Å²) in [7, 11) is -4.17. The SMILES string of the molecule is CC(CO)C(=O)Nc1sc(S(=O)(=O)c2ccc(F)cc2Cl)cc1C(N)=O. The van der Waals surface area contributed by atoms with E-state index >= 15 is 0 Å². The van der Waals surface area contributed by atoms with Crippen LogP contribution in [-0.2, 0) is 14.6 Å². The molecule has 0 aliphatic carbocycles. The zero-order chi connectivity index (χ0) is 19.6. The number of nitrogens with two attached hydrogens (primary N) is 1. The number of sulfone groups is 1. The normalized spacial score (nSPS) is 12.6. The highest BCUT2D eigenvalue weighted by Crippen LogP contribution is 2.37. The monoisotopic (exact) mass is 420 g/mol. The van der Waals surface area contributed by atoms with Gasteiger partial charge < -0.3 is 16.2 Å². The van der Waals surface area contributed by atoms with Crippen molar-refractivity contribution in [2.24, 2.45) is 11.7 Å². The van der Waals surface area contributed by atoms with Gasteiger partial charge in [0.15, 0.2) is 0 Å². The molecule has 0 bridgehead atoms. The summed E-state index contributed by atoms with van der Waals surface area (Å²) in [6.45, 7) is 1.02. The third kappa shape index (κ3) is 4.04. The standard InChI is InChI=1S/C15H14ClFN2O5S2/c1-7(6-20)14(22)19-15-9(13(18)21)5-12(25-15)26(23,24)11-3-2-8(17)4-10(11)16/h2-5,7,20H,6H2,1H3,(H2,18,21)(H,19,22). The number of carbonyl (C=O) groups excluding carboxylic acids is 2. The van der Waals surface area contributed by atoms with Crippen molar-refractivity contribution < 1.29 is 27.5 Å². The van der Waals surface area contributed by atoms with Crippen molar-refractivity contribution in [1.82, 2.24) is 0 Å². The van der Waals surface area contributed by atoms with Gasteiger partial charge in [-0.05, 0) is 24.3 Å². The molecule has 11 heteroatoms. The average Bonchev–Trinajstić information content (AvgIpc) is 2.98. The van der Waals surface area contributed by atoms with Gasteiger partial charge in [-0.1, -0.05) is 18.5 Å². The van der Waals surface area contributed by atoms with E-state index in [-0.39, 0.29) is 24.7 Å². The summed E-state index contributed by atoms with van der Waals surface area (Å²) in [5, 5.41) is 11.0. The molecular formula is C15H14ClFN2O5S2. The van der Waals surface area contributed by atoms with Gasteiger partial charge in [0.25, 0.3) is 5.91 Å². The van der Waals surface area contributed by atoms with Gasteiger partial charge in [-0.15, -0.1) is 11.3 Å². The molecule has 0 spiro atoms. The number of rotatable bonds is 6. The Hall–Kier alpha value is -2.01. The zero-order valence-corrected chi connectivity index (χ0v) is 15.7. The first-order chi connectivity index (χ1) is 12.1. The molecule has 0 fully saturated rings. The number of halogens is 2. The molecule has 0 saturated carbocycles. The lowest BCUT2D eigenvalue weighted by Gasteiger charge is -2.08. The Morgan fingerprint density at radius 2 is 2.04 bits per heavy atom. The highest BCUT2D eigenvalue weighted by molar-refractivity contribution is 7.93. The van der Waals surface area contributed by atoms with E-state index in [9.17, 15) is 22.4 Å². The van der Waals surface area contributed by atoms with E-state index in [1.54, 1.807) is 0 Å². The Labute approximate surface area is 157 Å². The summed E-state index contributed by atoms with van der Waals surface area (Å²) < 4.78 is 38.3. The van der Waals surface area contributed by atoms with E-state index in [0.717, 1.165) is 24.3 Å². The number of hydrogen-bond acceptors (Lipinski definition) is 6. The van der Waals surface area contributed by atoms with Crippen molar-refractivity contribution in [3.63, 3.8) is 0 Å². The fourth-order valence-electron chi connectivity index (χ4n) is 1.90. The minimum absolute atomic E-state index is 0.0698. The van der Waals surface area contributed by atoms with Crippen LogP contribution in [0.5, 0.6) is 0 Å². The maximum Gasteiger partial charge on any atom is 0.251 e. The van der Waals surface area contributed by atoms with Crippen molar-refractivity contribution in [1.29, 1.82) is 0 Å². The second-order valence-electron chi connectivity index (χ2n) is 5.32. The van der Waals surface area contributed by atoms with Gasteiger partial charge in [-0.2, -0.15) is 0 Å². The molecule has 1 atom stereocenters. The van der Waals surface area contributed by atoms with E-state index in [2.05, 4.69) is 5.32 Å². The number of aliphatic hydroxyl groups is 1. The summed E-state index contributed by atoms with van der Waals surface area (Å²) >= 11 is 6.42. The minimum Gasteiger partial charge on any atom is -0.396 e. The Morgan fingerprint density at radius 1 is 1.38 bits per heavy atom. The molecule has 0 radical (unpaired) electrons. The molecule has 7 nitrogen and oxygen atoms in total. The maximum atomic E-state index is 13.2. The summed E-state index contributed by atoms with van der Waals surface area (Å²) in [4.78, 5) is 23.2. The summed E-state index contributed by atoms with van der Waals surface area (Å²) in [6.07, 6.45) is 0. The molecule has 140 valence electrons. The summed E-state index contributed by atoms with van der Waals surface area (Å²) in [6, 6.07) is 3.81. The van der Waals surface area contributed by atoms with Crippen molar-refractivity contribution >= 4 is 49.6 Å². The zero-order valence-electron chi connectivity index (χ0n) is 13.3. The molecule has 1 aromatic carbocycles. The number of primary amides is 1. The Morgan fingerprint density at radius 3 is 2.58 bits per heavy atom. The molecule has 2 aromatic rings. The van der Waals surface area contributed by atoms with Gasteiger partial charge in [0, 0.05) is 0 Å². The van der Waals surface area contributed by atoms with Crippen LogP contribution in [0.1, 0.15) is 17.3 Å². The average molecular weight is 421 g/mol. The van der Waals surface area contributed by atoms with Gasteiger partial charge in [-0.3, -0.25) is 9.59 Å². The van der Waals surface area contributed by atoms with Crippen molar-refractivity contribution in [2.75, 3.05) is 11.9 Å². The molecule has 0 aliphatic rings. The fraction of sp³-hybridized carbons (Fsp3) is 0.200. The fourth-order valence-corrected chi connectivity index (χ4v) is 5.18. The van der Waals surface area contributed by atoms with Gasteiger partial charge in [0.1, 0.15) is 15.0 Å². The number of carbonyl (C=O) groups is 2. The van der Waals surface area contributed by atoms with Crippen LogP contribution in [0.2, 0.25) is 5.02 Å². The number of benzene rings is 1. The third-order valence-corrected chi connectivity index (χ3v) is 7.14. The quantitative estimate of drug-likeness (QED) is 0.616. The maximum absolute atomic E-state index is 13.2. The first kappa shape index (κ1) is 20.3. The van der Waals surface area contributed by atoms with E-state index in [1.165, 1.54) is 6.92 Å². The van der Waals surface area contributed by atoms with Crippen LogP contribution in [0.3, 0.4) is 0 Å². The minimum atomic E-state index is -4.17. The first-order valence-corrected chi connectivity index (χ1v) is 9.81. The lowest BCUT2D eigenvalue weighted by molar-refractivity contribution is -0.120. The smallest absolute Gasteiger partial charge is 0.251 e. The van der Waals surface area contributed by atoms with E-state index in [1.807, 2.05) is 0 Å². The van der Waals surface area contributed by atoms with Crippen LogP contribution in [-0.4, -0.2) is 31.9 Å². The van der Waals surface area contributed by atoms with E-state index < -0.39 is 40.0 Å². The van der Waals surface area contributed by atoms with Crippen LogP contribution in [0.25, 0.3) is 0 Å². The molecule has 2 rings (SSSR count). The van der Waals surface area contributed by atoms with Gasteiger partial charge in [0.05, 0.1) is 28.0 Å². The largest absolute Gasteiger partial charge is 0.396 e. The van der Waals surface area contributed by atoms with Crippen LogP contribution >= 0.6 is 22.9 Å². The molecule has 0 saturated heterocycles. The number of hydrogen-bond donors (Lipinski definition) is 3. The molecule has 4 N–H and O–H groups in total. The van der Waals surface area contributed by atoms with Crippen LogP contribution in [0.15, 0.2) is 33.4 Å². The lowest BCUT2D eigenvalue weighted by atomic mass is 10.2. The van der Waals surface area contributed by atoms with E-state index in [4.69, 9.17) is 22.4 Å². The predicted octanol–water partition coefficient (Wildman–Crippen LogP) is 2.04. The number of aliphatic hydroxyl groups excluding tert-OH is 1. The highest BCUT2D eigenvalue weighted by Gasteiger charge is 2.27. The van der Waals surface area contributed by atoms with Crippen LogP contribution in [0.4, 0.5) is 9.39 Å². The number of nitrogens with one attached hydrogen (secondary N) is 1. The Balaban J connectivity index is 2.52. The molecule has 1 aromatic heterocycles. The van der Waals surface area contributed by atoms with Crippen molar-refractivity contribution in [3.05, 3.63) is 40.7 Å². The second kappa shape index (κ2) is 7.70. The van der Waals surface area contributed by atoms with Gasteiger partial charge in [-0.25, -0.2) is 12.8 Å². The third-order valence-electron chi connectivity index (χ3n) is 3.38. The van der Waals surface area contributed by atoms with Gasteiger partial charge in [0.2, 0.25) is 15.7 Å². The molecule has 2 amide bonds. The number of amides is 2. The molecule has 1 unspecified atom stereocenters. The number of anilines is 1. The number of thiophene rings is 1. The topological polar surface area (TPSA) is 127 Å². The Bertz CT molecular complexity index is 974. The summed E-state index contributed by atoms with van der Waals surface area (Å²) in [5.74, 6) is -3.03. The highest BCUT2D eigenvalue weighted by atomic mass is 35.5. The van der Waals surface area contributed by atoms with Crippen molar-refractivity contribution in [2.45, 2.75) is 16.0 Å². The van der Waals surface area contributed by atoms with Crippen molar-refractivity contribution in [3.8, 4) is 0 Å². The first-order valence-electron chi connectivity index (χ1n) is 7.13. The molecule has 0 aliphatic heterocycles. The van der Waals surface area contributed by atoms with Crippen LogP contribution < -0.4 is 11.1 Å². The molecule has 1 heterocycles. The Kier molecular flexibility index (Phi) is 6.02.